The second-order valence-corrected chi connectivity index (χ2v) is 7.21. The van der Waals surface area contributed by atoms with Crippen LogP contribution in [0.25, 0.3) is 0 Å². The molecule has 0 fully saturated rings. The van der Waals surface area contributed by atoms with Crippen molar-refractivity contribution < 1.29 is 13.9 Å². The first-order valence-electron chi connectivity index (χ1n) is 3.75. The fraction of sp³-hybridized carbons (Fsp3) is 1.00. The molecule has 11 heavy (non-hydrogen) atoms. The van der Waals surface area contributed by atoms with Gasteiger partial charge in [0.15, 0.2) is 0 Å². The predicted octanol–water partition coefficient (Wildman–Crippen LogP) is 2.52. The van der Waals surface area contributed by atoms with Gasteiger partial charge in [0.25, 0.3) is 0 Å². The molecule has 1 N–H and O–H groups in total. The van der Waals surface area contributed by atoms with E-state index in [4.69, 9.17) is 20.3 Å². The molecule has 0 rings (SSSR count). The fourth-order valence-electron chi connectivity index (χ4n) is 0.721. The molecule has 0 bridgehead atoms. The zero-order valence-corrected chi connectivity index (χ0v) is 8.86. The van der Waals surface area contributed by atoms with E-state index in [1.807, 2.05) is 0 Å². The summed E-state index contributed by atoms with van der Waals surface area (Å²) in [5.74, 6) is 0. The number of hydrogen-bond donors (Lipinski definition) is 1. The first-order valence-corrected chi connectivity index (χ1v) is 6.86. The minimum absolute atomic E-state index is 0.314. The molecule has 0 aliphatic carbocycles. The van der Waals surface area contributed by atoms with Crippen LogP contribution in [0, 0.1) is 0 Å². The summed E-state index contributed by atoms with van der Waals surface area (Å²) >= 11 is 5.82. The van der Waals surface area contributed by atoms with Gasteiger partial charge in [-0.1, -0.05) is 0 Å². The van der Waals surface area contributed by atoms with E-state index in [-0.39, 0.29) is 0 Å². The van der Waals surface area contributed by atoms with Gasteiger partial charge in [0.1, 0.15) is 0 Å². The summed E-state index contributed by atoms with van der Waals surface area (Å²) in [4.78, 5) is 9.74. The summed E-state index contributed by atoms with van der Waals surface area (Å²) in [6, 6.07) is 0. The Hall–Kier alpha value is 0.600. The van der Waals surface area contributed by atoms with Gasteiger partial charge in [0.05, 0.1) is 0 Å². The van der Waals surface area contributed by atoms with Crippen molar-refractivity contribution >= 4 is 17.9 Å². The van der Waals surface area contributed by atoms with Crippen LogP contribution in [-0.2, 0) is 9.05 Å². The van der Waals surface area contributed by atoms with Crippen molar-refractivity contribution in [3.63, 3.8) is 0 Å². The van der Waals surface area contributed by atoms with Crippen LogP contribution in [0.2, 0.25) is 0 Å². The van der Waals surface area contributed by atoms with Gasteiger partial charge in [0.2, 0.25) is 0 Å². The molecule has 0 spiro atoms. The van der Waals surface area contributed by atoms with Crippen LogP contribution in [0.4, 0.5) is 0 Å². The number of halogens is 1. The summed E-state index contributed by atoms with van der Waals surface area (Å²) in [5, 5.41) is 0. The first kappa shape index (κ1) is 11.6. The molecule has 0 aliphatic rings. The maximum absolute atomic E-state index is 9.74. The van der Waals surface area contributed by atoms with Crippen molar-refractivity contribution in [1.82, 2.24) is 0 Å². The van der Waals surface area contributed by atoms with Gasteiger partial charge in [-0.05, 0) is 0 Å². The van der Waals surface area contributed by atoms with Gasteiger partial charge in [0, 0.05) is 0 Å². The predicted molar refractivity (Wildman–Crippen MR) is 48.8 cm³/mol. The third-order valence-corrected chi connectivity index (χ3v) is 5.14. The topological polar surface area (TPSA) is 38.7 Å². The summed E-state index contributed by atoms with van der Waals surface area (Å²) < 4.78 is 10.1. The summed E-state index contributed by atoms with van der Waals surface area (Å²) in [5.41, 5.74) is 0. The van der Waals surface area contributed by atoms with Crippen molar-refractivity contribution in [2.45, 2.75) is 20.8 Å². The van der Waals surface area contributed by atoms with E-state index in [0.717, 1.165) is 0 Å². The Labute approximate surface area is 72.6 Å². The fourth-order valence-corrected chi connectivity index (χ4v) is 2.75. The van der Waals surface area contributed by atoms with E-state index < -0.39 is 6.64 Å². The molecule has 0 radical (unpaired) electrons. The molecule has 0 heterocycles. The quantitative estimate of drug-likeness (QED) is 0.697. The van der Waals surface area contributed by atoms with Crippen molar-refractivity contribution in [1.29, 1.82) is 0 Å². The van der Waals surface area contributed by atoms with Crippen LogP contribution in [0.15, 0.2) is 0 Å². The van der Waals surface area contributed by atoms with Crippen LogP contribution in [0.5, 0.6) is 0 Å². The first-order chi connectivity index (χ1) is 4.96. The molecule has 0 aromatic rings. The van der Waals surface area contributed by atoms with Gasteiger partial charge in [-0.3, -0.25) is 0 Å². The SMILES string of the molecule is CCOP(O)(Cl)(CC)OCC. The van der Waals surface area contributed by atoms with E-state index in [2.05, 4.69) is 0 Å². The molecule has 70 valence electrons. The average Bonchev–Trinajstić information content (AvgIpc) is 1.89. The second kappa shape index (κ2) is 4.01. The zero-order chi connectivity index (χ0) is 8.98. The Morgan fingerprint density at radius 2 is 1.55 bits per heavy atom. The standard InChI is InChI=1S/C6H16ClO3P/c1-4-9-11(7,8,6-3)10-5-2/h8H,4-6H2,1-3H3. The Balaban J connectivity index is 4.23. The molecule has 0 saturated carbocycles. The van der Waals surface area contributed by atoms with Gasteiger partial charge in [-0.15, -0.1) is 0 Å². The van der Waals surface area contributed by atoms with E-state index in [0.29, 0.717) is 19.4 Å². The molecule has 0 aliphatic heterocycles. The summed E-state index contributed by atoms with van der Waals surface area (Å²) in [6.45, 7) is 2.31. The summed E-state index contributed by atoms with van der Waals surface area (Å²) in [7, 11) is 0. The van der Waals surface area contributed by atoms with Crippen LogP contribution in [0.1, 0.15) is 20.8 Å². The van der Waals surface area contributed by atoms with Crippen molar-refractivity contribution in [2.75, 3.05) is 19.4 Å². The molecule has 0 amide bonds. The monoisotopic (exact) mass is 202 g/mol. The van der Waals surface area contributed by atoms with E-state index in [9.17, 15) is 4.89 Å². The normalized spacial score (nSPS) is 15.9. The van der Waals surface area contributed by atoms with Crippen LogP contribution in [0.3, 0.4) is 0 Å². The molecular weight excluding hydrogens is 186 g/mol. The Morgan fingerprint density at radius 1 is 1.18 bits per heavy atom. The zero-order valence-electron chi connectivity index (χ0n) is 7.21. The van der Waals surface area contributed by atoms with Crippen LogP contribution < -0.4 is 0 Å². The third kappa shape index (κ3) is 3.68. The van der Waals surface area contributed by atoms with Crippen molar-refractivity contribution in [3.05, 3.63) is 0 Å². The number of hydrogen-bond acceptors (Lipinski definition) is 3. The van der Waals surface area contributed by atoms with Crippen molar-refractivity contribution in [2.24, 2.45) is 0 Å². The number of rotatable bonds is 5. The van der Waals surface area contributed by atoms with E-state index in [1.165, 1.54) is 0 Å². The Morgan fingerprint density at radius 3 is 1.73 bits per heavy atom. The van der Waals surface area contributed by atoms with Crippen molar-refractivity contribution in [3.8, 4) is 0 Å². The molecule has 0 aromatic carbocycles. The molecule has 0 unspecified atom stereocenters. The molecule has 0 atom stereocenters. The minimum atomic E-state index is -3.71. The van der Waals surface area contributed by atoms with Crippen LogP contribution in [-0.4, -0.2) is 24.3 Å². The summed E-state index contributed by atoms with van der Waals surface area (Å²) in [6.07, 6.45) is 0.314. The second-order valence-electron chi connectivity index (χ2n) is 2.12. The van der Waals surface area contributed by atoms with Gasteiger partial charge < -0.3 is 0 Å². The van der Waals surface area contributed by atoms with E-state index >= 15 is 0 Å². The molecule has 3 nitrogen and oxygen atoms in total. The third-order valence-electron chi connectivity index (χ3n) is 1.28. The molecule has 0 saturated heterocycles. The van der Waals surface area contributed by atoms with Gasteiger partial charge >= 0.3 is 72.0 Å². The molecule has 5 heteroatoms. The molecular formula is C6H16ClO3P. The maximum atomic E-state index is 9.74. The Kier molecular flexibility index (Phi) is 4.23. The van der Waals surface area contributed by atoms with Crippen LogP contribution >= 0.6 is 17.9 Å². The van der Waals surface area contributed by atoms with Gasteiger partial charge in [-0.25, -0.2) is 0 Å². The average molecular weight is 203 g/mol. The molecule has 0 aromatic heterocycles. The Bertz CT molecular complexity index is 119. The van der Waals surface area contributed by atoms with E-state index in [1.54, 1.807) is 20.8 Å². The van der Waals surface area contributed by atoms with Gasteiger partial charge in [-0.2, -0.15) is 0 Å².